The fourth-order valence-corrected chi connectivity index (χ4v) is 5.25. The Morgan fingerprint density at radius 1 is 1.16 bits per heavy atom. The molecule has 2 atom stereocenters. The van der Waals surface area contributed by atoms with Gasteiger partial charge in [0.25, 0.3) is 0 Å². The predicted molar refractivity (Wildman–Crippen MR) is 119 cm³/mol. The van der Waals surface area contributed by atoms with Crippen LogP contribution in [0.1, 0.15) is 36.2 Å². The third-order valence-electron chi connectivity index (χ3n) is 6.87. The maximum absolute atomic E-state index is 13.4. The fraction of sp³-hybridized carbons (Fsp3) is 0.375. The minimum Gasteiger partial charge on any atom is -0.338 e. The number of nitrogens with one attached hydrogen (secondary N) is 1. The molecule has 8 nitrogen and oxygen atoms in total. The van der Waals surface area contributed by atoms with Gasteiger partial charge in [-0.2, -0.15) is 0 Å². The van der Waals surface area contributed by atoms with Gasteiger partial charge in [0, 0.05) is 18.7 Å². The quantitative estimate of drug-likeness (QED) is 0.649. The van der Waals surface area contributed by atoms with Gasteiger partial charge in [0.15, 0.2) is 0 Å². The van der Waals surface area contributed by atoms with E-state index in [4.69, 9.17) is 0 Å². The molecule has 0 aliphatic carbocycles. The lowest BCUT2D eigenvalue weighted by Crippen LogP contribution is -2.49. The van der Waals surface area contributed by atoms with Gasteiger partial charge in [0.1, 0.15) is 5.82 Å². The maximum atomic E-state index is 13.4. The number of fused-ring (bicyclic) bond motifs is 2. The molecule has 5 rings (SSSR count). The normalized spacial score (nSPS) is 21.7. The molecule has 0 unspecified atom stereocenters. The van der Waals surface area contributed by atoms with Crippen LogP contribution in [0.2, 0.25) is 0 Å². The summed E-state index contributed by atoms with van der Waals surface area (Å²) >= 11 is 0. The molecule has 3 heterocycles. The zero-order chi connectivity index (χ0) is 22.1. The monoisotopic (exact) mass is 430 g/mol. The number of carbonyl (C=O) groups excluding carboxylic acids is 2. The van der Waals surface area contributed by atoms with Crippen LogP contribution in [0.3, 0.4) is 0 Å². The lowest BCUT2D eigenvalue weighted by molar-refractivity contribution is -0.133. The highest BCUT2D eigenvalue weighted by Gasteiger charge is 2.58. The van der Waals surface area contributed by atoms with Crippen molar-refractivity contribution in [3.05, 3.63) is 71.5 Å². The van der Waals surface area contributed by atoms with E-state index in [0.29, 0.717) is 31.8 Å². The molecule has 2 aromatic carbocycles. The van der Waals surface area contributed by atoms with Gasteiger partial charge in [-0.1, -0.05) is 48.5 Å². The van der Waals surface area contributed by atoms with Crippen LogP contribution < -0.4 is 5.32 Å². The topological polar surface area (TPSA) is 93.0 Å². The van der Waals surface area contributed by atoms with Crippen molar-refractivity contribution in [2.24, 2.45) is 0 Å². The number of hydrogen-bond donors (Lipinski definition) is 1. The second kappa shape index (κ2) is 8.18. The van der Waals surface area contributed by atoms with Crippen molar-refractivity contribution < 1.29 is 9.59 Å². The summed E-state index contributed by atoms with van der Waals surface area (Å²) in [5.74, 6) is 0.718. The first-order valence-corrected chi connectivity index (χ1v) is 11.1. The van der Waals surface area contributed by atoms with E-state index >= 15 is 0 Å². The molecule has 1 fully saturated rings. The average molecular weight is 431 g/mol. The molecule has 1 N–H and O–H groups in total. The zero-order valence-corrected chi connectivity index (χ0v) is 18.1. The molecule has 3 aromatic rings. The van der Waals surface area contributed by atoms with E-state index < -0.39 is 5.41 Å². The molecule has 0 radical (unpaired) electrons. The molecule has 1 spiro atoms. The number of aromatic nitrogens is 4. The summed E-state index contributed by atoms with van der Waals surface area (Å²) in [5, 5.41) is 14.6. The van der Waals surface area contributed by atoms with Crippen molar-refractivity contribution in [3.63, 3.8) is 0 Å². The molecule has 1 aromatic heterocycles. The van der Waals surface area contributed by atoms with Gasteiger partial charge in [-0.3, -0.25) is 9.59 Å². The number of likely N-dealkylation sites (tertiary alicyclic amines) is 1. The zero-order valence-electron chi connectivity index (χ0n) is 18.1. The molecule has 2 aliphatic rings. The second-order valence-corrected chi connectivity index (χ2v) is 8.55. The van der Waals surface area contributed by atoms with Gasteiger partial charge in [0.05, 0.1) is 18.0 Å². The number of tetrazole rings is 1. The van der Waals surface area contributed by atoms with Crippen molar-refractivity contribution in [2.45, 2.75) is 50.6 Å². The van der Waals surface area contributed by atoms with Crippen LogP contribution in [0.25, 0.3) is 0 Å². The first-order chi connectivity index (χ1) is 15.6. The fourth-order valence-electron chi connectivity index (χ4n) is 5.25. The minimum atomic E-state index is -0.703. The van der Waals surface area contributed by atoms with Crippen molar-refractivity contribution in [1.82, 2.24) is 25.1 Å². The molecule has 2 amide bonds. The highest BCUT2D eigenvalue weighted by Crippen LogP contribution is 2.49. The number of benzene rings is 2. The molecule has 0 saturated carbocycles. The van der Waals surface area contributed by atoms with Crippen molar-refractivity contribution in [2.75, 3.05) is 11.9 Å². The molecule has 1 saturated heterocycles. The Morgan fingerprint density at radius 3 is 2.72 bits per heavy atom. The number of para-hydroxylation sites is 1. The third kappa shape index (κ3) is 3.36. The Hall–Kier alpha value is -3.55. The number of carbonyl (C=O) groups is 2. The summed E-state index contributed by atoms with van der Waals surface area (Å²) < 4.78 is 1.64. The number of rotatable bonds is 6. The molecule has 8 heteroatoms. The van der Waals surface area contributed by atoms with Crippen LogP contribution in [-0.2, 0) is 28.0 Å². The minimum absolute atomic E-state index is 0.00313. The molecule has 0 bridgehead atoms. The third-order valence-corrected chi connectivity index (χ3v) is 6.87. The Morgan fingerprint density at radius 2 is 1.94 bits per heavy atom. The van der Waals surface area contributed by atoms with Gasteiger partial charge in [-0.15, -0.1) is 5.10 Å². The second-order valence-electron chi connectivity index (χ2n) is 8.55. The van der Waals surface area contributed by atoms with E-state index in [1.165, 1.54) is 5.56 Å². The Kier molecular flexibility index (Phi) is 5.20. The standard InChI is InChI=1S/C24H26N6O2/c1-17-26-27-28-30(17)15-13-22(31)29-16-14-24(19-9-5-6-10-20(19)25-23(24)32)21(29)12-11-18-7-3-2-4-8-18/h2-10,21H,11-16H2,1H3,(H,25,32)/t21-,24+/m0/s1. The Bertz CT molecular complexity index is 1140. The molecule has 32 heavy (non-hydrogen) atoms. The predicted octanol–water partition coefficient (Wildman–Crippen LogP) is 2.50. The van der Waals surface area contributed by atoms with Gasteiger partial charge in [-0.25, -0.2) is 4.68 Å². The highest BCUT2D eigenvalue weighted by atomic mass is 16.2. The SMILES string of the molecule is Cc1nnnn1CCC(=O)N1CC[C@]2(C(=O)Nc3ccccc32)[C@@H]1CCc1ccccc1. The summed E-state index contributed by atoms with van der Waals surface area (Å²) in [4.78, 5) is 28.6. The van der Waals surface area contributed by atoms with E-state index in [0.717, 1.165) is 24.1 Å². The maximum Gasteiger partial charge on any atom is 0.237 e. The lowest BCUT2D eigenvalue weighted by Gasteiger charge is -2.34. The van der Waals surface area contributed by atoms with Crippen molar-refractivity contribution in [3.8, 4) is 0 Å². The van der Waals surface area contributed by atoms with Crippen molar-refractivity contribution in [1.29, 1.82) is 0 Å². The summed E-state index contributed by atoms with van der Waals surface area (Å²) in [6.07, 6.45) is 2.46. The van der Waals surface area contributed by atoms with Gasteiger partial charge >= 0.3 is 0 Å². The number of anilines is 1. The van der Waals surface area contributed by atoms with E-state index in [9.17, 15) is 9.59 Å². The molecule has 164 valence electrons. The van der Waals surface area contributed by atoms with E-state index in [2.05, 4.69) is 33.0 Å². The van der Waals surface area contributed by atoms with Gasteiger partial charge in [0.2, 0.25) is 11.8 Å². The van der Waals surface area contributed by atoms with E-state index in [-0.39, 0.29) is 17.9 Å². The van der Waals surface area contributed by atoms with Crippen molar-refractivity contribution >= 4 is 17.5 Å². The van der Waals surface area contributed by atoms with Crippen LogP contribution in [0.5, 0.6) is 0 Å². The smallest absolute Gasteiger partial charge is 0.237 e. The van der Waals surface area contributed by atoms with Crippen LogP contribution in [0, 0.1) is 6.92 Å². The van der Waals surface area contributed by atoms with Crippen LogP contribution >= 0.6 is 0 Å². The first kappa shape index (κ1) is 20.4. The first-order valence-electron chi connectivity index (χ1n) is 11.1. The highest BCUT2D eigenvalue weighted by molar-refractivity contribution is 6.07. The summed E-state index contributed by atoms with van der Waals surface area (Å²) in [7, 11) is 0. The number of hydrogen-bond acceptors (Lipinski definition) is 5. The molecular formula is C24H26N6O2. The van der Waals surface area contributed by atoms with E-state index in [1.807, 2.05) is 54.3 Å². The van der Waals surface area contributed by atoms with Crippen LogP contribution in [-0.4, -0.2) is 49.5 Å². The van der Waals surface area contributed by atoms with Crippen LogP contribution in [0.15, 0.2) is 54.6 Å². The van der Waals surface area contributed by atoms with Crippen LogP contribution in [0.4, 0.5) is 5.69 Å². The number of amides is 2. The average Bonchev–Trinajstić information content (AvgIpc) is 3.48. The Labute approximate surface area is 186 Å². The lowest BCUT2D eigenvalue weighted by atomic mass is 9.73. The summed E-state index contributed by atoms with van der Waals surface area (Å²) in [6.45, 7) is 2.81. The van der Waals surface area contributed by atoms with Gasteiger partial charge in [-0.05, 0) is 53.8 Å². The number of aryl methyl sites for hydroxylation is 3. The van der Waals surface area contributed by atoms with Gasteiger partial charge < -0.3 is 10.2 Å². The molecular weight excluding hydrogens is 404 g/mol. The summed E-state index contributed by atoms with van der Waals surface area (Å²) in [6, 6.07) is 17.9. The summed E-state index contributed by atoms with van der Waals surface area (Å²) in [5.41, 5.74) is 2.37. The number of nitrogens with zero attached hydrogens (tertiary/aromatic N) is 5. The molecule has 2 aliphatic heterocycles. The Balaban J connectivity index is 1.43. The largest absolute Gasteiger partial charge is 0.338 e. The van der Waals surface area contributed by atoms with E-state index in [1.54, 1.807) is 4.68 Å².